The molecule has 1 spiro atoms. The van der Waals surface area contributed by atoms with Crippen molar-refractivity contribution >= 4 is 42.1 Å². The van der Waals surface area contributed by atoms with Crippen LogP contribution in [0.2, 0.25) is 0 Å². The van der Waals surface area contributed by atoms with Gasteiger partial charge < -0.3 is 20.3 Å². The molecule has 2 aromatic rings. The van der Waals surface area contributed by atoms with Crippen LogP contribution in [0.3, 0.4) is 0 Å². The fraction of sp³-hybridized carbons (Fsp3) is 0.368. The standard InChI is InChI=1S/C19H22N4O2.2ClH/c1-25-15-6-9-21-14(12-15)13-23-17-5-3-2-4-16(17)22-19(18(23)24)7-10-20-11-8-19;;/h2-6,9,12,20,22H,7-8,10-11,13H2,1H3;2*1H. The molecule has 27 heavy (non-hydrogen) atoms. The number of aromatic nitrogens is 1. The molecule has 146 valence electrons. The molecule has 0 saturated carbocycles. The molecule has 6 nitrogen and oxygen atoms in total. The van der Waals surface area contributed by atoms with Crippen molar-refractivity contribution in [2.24, 2.45) is 0 Å². The second kappa shape index (κ2) is 8.78. The van der Waals surface area contributed by atoms with Crippen molar-refractivity contribution in [2.45, 2.75) is 24.9 Å². The van der Waals surface area contributed by atoms with Gasteiger partial charge in [0.2, 0.25) is 0 Å². The van der Waals surface area contributed by atoms with Crippen LogP contribution in [0.5, 0.6) is 5.75 Å². The van der Waals surface area contributed by atoms with Crippen LogP contribution in [0.4, 0.5) is 11.4 Å². The number of hydrogen-bond acceptors (Lipinski definition) is 5. The monoisotopic (exact) mass is 410 g/mol. The van der Waals surface area contributed by atoms with Crippen LogP contribution in [0, 0.1) is 0 Å². The summed E-state index contributed by atoms with van der Waals surface area (Å²) in [6.45, 7) is 2.11. The number of carbonyl (C=O) groups excluding carboxylic acids is 1. The number of rotatable bonds is 3. The molecule has 1 aromatic carbocycles. The summed E-state index contributed by atoms with van der Waals surface area (Å²) in [6, 6.07) is 11.7. The first-order valence-corrected chi connectivity index (χ1v) is 8.61. The molecule has 1 aromatic heterocycles. The molecule has 8 heteroatoms. The first-order chi connectivity index (χ1) is 12.2. The van der Waals surface area contributed by atoms with Crippen LogP contribution in [0.15, 0.2) is 42.6 Å². The zero-order valence-corrected chi connectivity index (χ0v) is 16.7. The minimum Gasteiger partial charge on any atom is -0.497 e. The number of halogens is 2. The molecule has 0 atom stereocenters. The van der Waals surface area contributed by atoms with Gasteiger partial charge in [-0.3, -0.25) is 9.78 Å². The van der Waals surface area contributed by atoms with Crippen LogP contribution in [0.1, 0.15) is 18.5 Å². The molecule has 3 heterocycles. The van der Waals surface area contributed by atoms with E-state index in [0.717, 1.165) is 48.7 Å². The number of anilines is 2. The Hall–Kier alpha value is -2.02. The van der Waals surface area contributed by atoms with Gasteiger partial charge >= 0.3 is 0 Å². The highest BCUT2D eigenvalue weighted by Crippen LogP contribution is 2.39. The minimum absolute atomic E-state index is 0. The van der Waals surface area contributed by atoms with Crippen LogP contribution >= 0.6 is 24.8 Å². The highest BCUT2D eigenvalue weighted by Gasteiger charge is 2.46. The number of carbonyl (C=O) groups is 1. The maximum atomic E-state index is 13.4. The Morgan fingerprint density at radius 1 is 1.19 bits per heavy atom. The summed E-state index contributed by atoms with van der Waals surface area (Å²) in [5.41, 5.74) is 2.19. The molecule has 4 rings (SSSR count). The average molecular weight is 411 g/mol. The highest BCUT2D eigenvalue weighted by atomic mass is 35.5. The number of fused-ring (bicyclic) bond motifs is 1. The van der Waals surface area contributed by atoms with E-state index in [0.29, 0.717) is 6.54 Å². The van der Waals surface area contributed by atoms with Gasteiger partial charge in [-0.05, 0) is 44.1 Å². The minimum atomic E-state index is -0.529. The van der Waals surface area contributed by atoms with E-state index in [1.54, 1.807) is 13.3 Å². The summed E-state index contributed by atoms with van der Waals surface area (Å²) in [5.74, 6) is 0.870. The molecule has 2 N–H and O–H groups in total. The van der Waals surface area contributed by atoms with Crippen molar-refractivity contribution in [1.29, 1.82) is 0 Å². The third-order valence-electron chi connectivity index (χ3n) is 5.02. The number of piperidine rings is 1. The Balaban J connectivity index is 0.00000131. The number of nitrogens with one attached hydrogen (secondary N) is 2. The smallest absolute Gasteiger partial charge is 0.253 e. The molecule has 1 fully saturated rings. The number of nitrogens with zero attached hydrogens (tertiary/aromatic N) is 2. The van der Waals surface area contributed by atoms with Gasteiger partial charge in [-0.1, -0.05) is 12.1 Å². The van der Waals surface area contributed by atoms with Gasteiger partial charge in [0.05, 0.1) is 30.7 Å². The van der Waals surface area contributed by atoms with Crippen molar-refractivity contribution < 1.29 is 9.53 Å². The Morgan fingerprint density at radius 3 is 2.67 bits per heavy atom. The fourth-order valence-electron chi connectivity index (χ4n) is 3.67. The molecule has 0 unspecified atom stereocenters. The number of amides is 1. The third-order valence-corrected chi connectivity index (χ3v) is 5.02. The number of benzene rings is 1. The lowest BCUT2D eigenvalue weighted by Gasteiger charge is -2.45. The van der Waals surface area contributed by atoms with Crippen molar-refractivity contribution in [3.63, 3.8) is 0 Å². The summed E-state index contributed by atoms with van der Waals surface area (Å²) in [6.07, 6.45) is 3.28. The lowest BCUT2D eigenvalue weighted by molar-refractivity contribution is -0.124. The van der Waals surface area contributed by atoms with Crippen molar-refractivity contribution in [3.05, 3.63) is 48.3 Å². The molecule has 0 aliphatic carbocycles. The fourth-order valence-corrected chi connectivity index (χ4v) is 3.67. The zero-order valence-electron chi connectivity index (χ0n) is 15.1. The van der Waals surface area contributed by atoms with E-state index in [2.05, 4.69) is 15.6 Å². The van der Waals surface area contributed by atoms with Gasteiger partial charge in [-0.25, -0.2) is 0 Å². The van der Waals surface area contributed by atoms with Crippen LogP contribution in [0.25, 0.3) is 0 Å². The largest absolute Gasteiger partial charge is 0.497 e. The summed E-state index contributed by atoms with van der Waals surface area (Å²) in [7, 11) is 1.63. The molecule has 1 saturated heterocycles. The predicted molar refractivity (Wildman–Crippen MR) is 111 cm³/mol. The molecule has 0 bridgehead atoms. The predicted octanol–water partition coefficient (Wildman–Crippen LogP) is 3.01. The highest BCUT2D eigenvalue weighted by molar-refractivity contribution is 6.07. The number of pyridine rings is 1. The zero-order chi connectivity index (χ0) is 17.3. The van der Waals surface area contributed by atoms with Crippen LogP contribution in [-0.4, -0.2) is 36.6 Å². The molecular weight excluding hydrogens is 387 g/mol. The molecule has 1 amide bonds. The van der Waals surface area contributed by atoms with Gasteiger partial charge in [0.25, 0.3) is 5.91 Å². The summed E-state index contributed by atoms with van der Waals surface area (Å²) >= 11 is 0. The Morgan fingerprint density at radius 2 is 1.93 bits per heavy atom. The van der Waals surface area contributed by atoms with E-state index in [9.17, 15) is 4.79 Å². The van der Waals surface area contributed by atoms with Gasteiger partial charge in [-0.2, -0.15) is 0 Å². The summed E-state index contributed by atoms with van der Waals surface area (Å²) in [4.78, 5) is 19.7. The number of ether oxygens (including phenoxy) is 1. The summed E-state index contributed by atoms with van der Waals surface area (Å²) < 4.78 is 5.29. The van der Waals surface area contributed by atoms with Gasteiger partial charge in [0.15, 0.2) is 0 Å². The Kier molecular flexibility index (Phi) is 6.92. The topological polar surface area (TPSA) is 66.5 Å². The van der Waals surface area contributed by atoms with E-state index < -0.39 is 5.54 Å². The lowest BCUT2D eigenvalue weighted by Crippen LogP contribution is -2.61. The number of methoxy groups -OCH3 is 1. The van der Waals surface area contributed by atoms with Gasteiger partial charge in [-0.15, -0.1) is 24.8 Å². The van der Waals surface area contributed by atoms with E-state index >= 15 is 0 Å². The molecule has 2 aliphatic heterocycles. The first kappa shape index (κ1) is 21.3. The lowest BCUT2D eigenvalue weighted by atomic mass is 9.84. The Labute approximate surface area is 171 Å². The van der Waals surface area contributed by atoms with Crippen LogP contribution in [-0.2, 0) is 11.3 Å². The SMILES string of the molecule is COc1ccnc(CN2C(=O)C3(CCNCC3)Nc3ccccc32)c1.Cl.Cl. The molecule has 2 aliphatic rings. The van der Waals surface area contributed by atoms with E-state index in [-0.39, 0.29) is 30.7 Å². The van der Waals surface area contributed by atoms with Crippen LogP contribution < -0.4 is 20.3 Å². The van der Waals surface area contributed by atoms with Crippen molar-refractivity contribution in [2.75, 3.05) is 30.4 Å². The normalized spacial score (nSPS) is 17.2. The Bertz CT molecular complexity index is 797. The number of para-hydroxylation sites is 2. The number of hydrogen-bond donors (Lipinski definition) is 2. The van der Waals surface area contributed by atoms with E-state index in [4.69, 9.17) is 4.74 Å². The van der Waals surface area contributed by atoms with E-state index in [1.165, 1.54) is 0 Å². The maximum Gasteiger partial charge on any atom is 0.253 e. The van der Waals surface area contributed by atoms with E-state index in [1.807, 2.05) is 41.3 Å². The second-order valence-electron chi connectivity index (χ2n) is 6.55. The maximum absolute atomic E-state index is 13.4. The van der Waals surface area contributed by atoms with Crippen molar-refractivity contribution in [3.8, 4) is 5.75 Å². The molecule has 0 radical (unpaired) electrons. The first-order valence-electron chi connectivity index (χ1n) is 8.61. The third kappa shape index (κ3) is 3.98. The quantitative estimate of drug-likeness (QED) is 0.813. The van der Waals surface area contributed by atoms with Crippen molar-refractivity contribution in [1.82, 2.24) is 10.3 Å². The average Bonchev–Trinajstić information content (AvgIpc) is 2.66. The molecular formula is C19H24Cl2N4O2. The van der Waals surface area contributed by atoms with Gasteiger partial charge in [0.1, 0.15) is 11.3 Å². The summed E-state index contributed by atoms with van der Waals surface area (Å²) in [5, 5.41) is 6.86. The second-order valence-corrected chi connectivity index (χ2v) is 6.55. The van der Waals surface area contributed by atoms with Gasteiger partial charge in [0, 0.05) is 12.3 Å².